The van der Waals surface area contributed by atoms with Gasteiger partial charge in [0, 0.05) is 55.6 Å². The molecule has 3 aromatic carbocycles. The minimum absolute atomic E-state index is 0.0205. The van der Waals surface area contributed by atoms with E-state index < -0.39 is 84.5 Å². The summed E-state index contributed by atoms with van der Waals surface area (Å²) in [6.07, 6.45) is -0.909. The Kier molecular flexibility index (Phi) is 16.0. The summed E-state index contributed by atoms with van der Waals surface area (Å²) in [5.41, 5.74) is 26.5. The Morgan fingerprint density at radius 2 is 1.57 bits per heavy atom. The first kappa shape index (κ1) is 50.7. The maximum absolute atomic E-state index is 14.8. The van der Waals surface area contributed by atoms with E-state index in [9.17, 15) is 44.4 Å². The molecule has 0 saturated heterocycles. The van der Waals surface area contributed by atoms with Gasteiger partial charge < -0.3 is 68.4 Å². The molecular formula is C48H61N9O11. The van der Waals surface area contributed by atoms with Crippen LogP contribution in [0, 0.1) is 12.8 Å². The van der Waals surface area contributed by atoms with E-state index in [-0.39, 0.29) is 89.8 Å². The van der Waals surface area contributed by atoms with E-state index in [1.807, 2.05) is 24.3 Å². The topological polar surface area (TPSA) is 342 Å². The van der Waals surface area contributed by atoms with E-state index in [1.165, 1.54) is 43.8 Å². The number of nitrogens with two attached hydrogens (primary N) is 4. The third kappa shape index (κ3) is 11.5. The van der Waals surface area contributed by atoms with E-state index in [0.29, 0.717) is 17.0 Å². The Labute approximate surface area is 393 Å². The van der Waals surface area contributed by atoms with Crippen LogP contribution in [0.2, 0.25) is 0 Å². The number of likely N-dealkylation sites (N-methyl/N-ethyl adjacent to an activating group) is 1. The van der Waals surface area contributed by atoms with Gasteiger partial charge in [0.1, 0.15) is 60.7 Å². The Balaban J connectivity index is 1.42. The molecule has 0 spiro atoms. The van der Waals surface area contributed by atoms with E-state index >= 15 is 0 Å². The highest BCUT2D eigenvalue weighted by Gasteiger charge is 2.39. The van der Waals surface area contributed by atoms with Crippen molar-refractivity contribution in [3.05, 3.63) is 82.5 Å². The molecule has 2 heterocycles. The molecule has 4 bridgehead atoms. The van der Waals surface area contributed by atoms with Crippen molar-refractivity contribution in [1.82, 2.24) is 25.5 Å². The largest absolute Gasteiger partial charge is 0.504 e. The van der Waals surface area contributed by atoms with Gasteiger partial charge in [-0.25, -0.2) is 14.8 Å². The number of hydrogen-bond acceptors (Lipinski definition) is 16. The fraction of sp³-hybridized carbons (Fsp3) is 0.438. The summed E-state index contributed by atoms with van der Waals surface area (Å²) >= 11 is 0. The number of aliphatic carboxylic acids is 1. The van der Waals surface area contributed by atoms with Gasteiger partial charge in [-0.05, 0) is 79.1 Å². The van der Waals surface area contributed by atoms with Crippen LogP contribution < -0.4 is 43.0 Å². The lowest BCUT2D eigenvalue weighted by molar-refractivity contribution is -0.143. The zero-order valence-corrected chi connectivity index (χ0v) is 38.5. The molecule has 1 aromatic heterocycles. The number of nitrogens with zero attached hydrogens (tertiary/aromatic N) is 3. The smallest absolute Gasteiger partial charge is 0.326 e. The lowest BCUT2D eigenvalue weighted by Gasteiger charge is -2.32. The average molecular weight is 940 g/mol. The van der Waals surface area contributed by atoms with Crippen molar-refractivity contribution in [3.8, 4) is 39.8 Å². The fourth-order valence-electron chi connectivity index (χ4n) is 8.06. The van der Waals surface area contributed by atoms with Gasteiger partial charge in [0.25, 0.3) is 5.91 Å². The molecule has 6 atom stereocenters. The number of fused-ring (bicyclic) bond motifs is 5. The van der Waals surface area contributed by atoms with Crippen LogP contribution in [0.5, 0.6) is 17.2 Å². The number of aliphatic hydroxyl groups excluding tert-OH is 2. The van der Waals surface area contributed by atoms with Gasteiger partial charge in [-0.2, -0.15) is 0 Å². The number of aromatic nitrogens is 2. The number of ketones is 1. The van der Waals surface area contributed by atoms with Crippen molar-refractivity contribution in [3.63, 3.8) is 0 Å². The fourth-order valence-corrected chi connectivity index (χ4v) is 8.06. The number of amides is 3. The minimum Gasteiger partial charge on any atom is -0.504 e. The van der Waals surface area contributed by atoms with Crippen LogP contribution in [0.3, 0.4) is 0 Å². The summed E-state index contributed by atoms with van der Waals surface area (Å²) in [6.45, 7) is 4.08. The molecule has 3 amide bonds. The molecule has 1 fully saturated rings. The molecule has 1 aliphatic heterocycles. The zero-order valence-electron chi connectivity index (χ0n) is 38.5. The van der Waals surface area contributed by atoms with Crippen LogP contribution in [0.25, 0.3) is 22.5 Å². The number of Topliss-reactive ketones (excluding diaryl/α,β-unsaturated/α-hetero) is 1. The molecule has 1 saturated carbocycles. The molecule has 0 radical (unpaired) electrons. The van der Waals surface area contributed by atoms with Gasteiger partial charge in [-0.1, -0.05) is 44.2 Å². The highest BCUT2D eigenvalue weighted by Crippen LogP contribution is 2.48. The number of carbonyl (C=O) groups is 5. The van der Waals surface area contributed by atoms with E-state index in [2.05, 4.69) is 27.5 Å². The summed E-state index contributed by atoms with van der Waals surface area (Å²) in [5.74, 6) is -6.00. The third-order valence-corrected chi connectivity index (χ3v) is 12.4. The van der Waals surface area contributed by atoms with Crippen LogP contribution in [-0.4, -0.2) is 129 Å². The molecule has 68 heavy (non-hydrogen) atoms. The third-order valence-electron chi connectivity index (χ3n) is 12.4. The highest BCUT2D eigenvalue weighted by molar-refractivity contribution is 6.02. The first-order valence-corrected chi connectivity index (χ1v) is 22.4. The van der Waals surface area contributed by atoms with Gasteiger partial charge >= 0.3 is 5.97 Å². The number of benzene rings is 3. The van der Waals surface area contributed by atoms with Crippen LogP contribution in [0.15, 0.2) is 54.6 Å². The molecule has 2 aliphatic rings. The molecule has 364 valence electrons. The summed E-state index contributed by atoms with van der Waals surface area (Å²) in [6, 6.07) is 10.7. The molecule has 20 nitrogen and oxygen atoms in total. The lowest BCUT2D eigenvalue weighted by Crippen LogP contribution is -2.51. The van der Waals surface area contributed by atoms with Crippen LogP contribution >= 0.6 is 0 Å². The number of hydrogen-bond donors (Lipinski definition) is 10. The molecule has 6 rings (SSSR count). The average Bonchev–Trinajstić information content (AvgIpc) is 4.07. The molecule has 14 N–H and O–H groups in total. The summed E-state index contributed by atoms with van der Waals surface area (Å²) in [5, 5.41) is 48.0. The number of nitrogens with one attached hydrogen (secondary N) is 2. The SMILES string of the molecule is Cc1nc(-c2ccc(C3(C)CC3)cc2)nc(N)c1C(=O)N[C@@H](CCN)C(=O)N(C)[C@@H]1C(=O)C[C@@H](C)C(=O)N[C@H](C(=O)O)Cc2ccc(OC[C@H](O)CN)c(c2)-c2cc1cc(OC[C@H](O)CN)c2O. The number of rotatable bonds is 17. The van der Waals surface area contributed by atoms with Crippen molar-refractivity contribution in [2.45, 2.75) is 88.6 Å². The van der Waals surface area contributed by atoms with Gasteiger partial charge in [0.15, 0.2) is 23.1 Å². The molecule has 0 unspecified atom stereocenters. The normalized spacial score (nSPS) is 19.1. The van der Waals surface area contributed by atoms with Gasteiger partial charge in [-0.15, -0.1) is 0 Å². The zero-order chi connectivity index (χ0) is 49.6. The van der Waals surface area contributed by atoms with Gasteiger partial charge in [0.2, 0.25) is 11.8 Å². The second-order valence-electron chi connectivity index (χ2n) is 17.8. The standard InChI is InChI=1S/C48H61N9O11/c1-24-15-36(60)40(57(4)46(64)34(11-14-49)54-45(63)39-25(2)53-43(56-42(39)52)27-6-8-29(9-7-27)48(3)12-13-48)28-18-33(41(61)38(19-28)68-23-31(59)21-51)32-16-26(17-35(47(65)66)55-44(24)62)5-10-37(32)67-22-30(58)20-50/h5-10,16,18-19,24,30-31,34-35,40,58-59,61H,11-15,17,20-23,49-51H2,1-4H3,(H,54,63)(H,55,62)(H,65,66)(H2,52,53,56)/t24-,30-,31-,34+,35+,40+/m1/s1. The number of phenolic OH excluding ortho intramolecular Hbond substituents is 1. The number of nitrogen functional groups attached to an aromatic ring is 1. The molecular weight excluding hydrogens is 879 g/mol. The number of carboxylic acids is 1. The van der Waals surface area contributed by atoms with Crippen molar-refractivity contribution in [2.24, 2.45) is 23.1 Å². The monoisotopic (exact) mass is 939 g/mol. The number of phenols is 1. The predicted molar refractivity (Wildman–Crippen MR) is 250 cm³/mol. The lowest BCUT2D eigenvalue weighted by atomic mass is 9.89. The second-order valence-corrected chi connectivity index (χ2v) is 17.8. The molecule has 1 aliphatic carbocycles. The summed E-state index contributed by atoms with van der Waals surface area (Å²) in [7, 11) is 1.32. The number of anilines is 1. The Bertz CT molecular complexity index is 2510. The van der Waals surface area contributed by atoms with Crippen molar-refractivity contribution >= 4 is 35.3 Å². The summed E-state index contributed by atoms with van der Waals surface area (Å²) in [4.78, 5) is 79.8. The number of aliphatic hydroxyl groups is 2. The maximum atomic E-state index is 14.8. The van der Waals surface area contributed by atoms with E-state index in [1.54, 1.807) is 13.0 Å². The summed E-state index contributed by atoms with van der Waals surface area (Å²) < 4.78 is 11.8. The van der Waals surface area contributed by atoms with Gasteiger partial charge in [-0.3, -0.25) is 19.2 Å². The Hall–Kier alpha value is -6.71. The molecule has 20 heteroatoms. The first-order chi connectivity index (χ1) is 32.3. The van der Waals surface area contributed by atoms with Crippen LogP contribution in [0.4, 0.5) is 5.82 Å². The number of aromatic hydroxyl groups is 1. The maximum Gasteiger partial charge on any atom is 0.326 e. The number of aryl methyl sites for hydroxylation is 1. The Morgan fingerprint density at radius 3 is 2.16 bits per heavy atom. The molecule has 4 aromatic rings. The predicted octanol–water partition coefficient (Wildman–Crippen LogP) is 1.22. The van der Waals surface area contributed by atoms with E-state index in [4.69, 9.17) is 32.4 Å². The highest BCUT2D eigenvalue weighted by atomic mass is 16.5. The Morgan fingerprint density at radius 1 is 0.926 bits per heavy atom. The van der Waals surface area contributed by atoms with E-state index in [0.717, 1.165) is 17.7 Å². The van der Waals surface area contributed by atoms with Crippen LogP contribution in [-0.2, 0) is 31.0 Å². The first-order valence-electron chi connectivity index (χ1n) is 22.4. The quantitative estimate of drug-likeness (QED) is 0.0711. The van der Waals surface area contributed by atoms with Crippen LogP contribution in [0.1, 0.15) is 78.3 Å². The van der Waals surface area contributed by atoms with Gasteiger partial charge in [0.05, 0.1) is 5.69 Å². The number of ether oxygens (including phenoxy) is 2. The second kappa shape index (κ2) is 21.5. The number of carbonyl (C=O) groups excluding carboxylic acids is 4. The minimum atomic E-state index is -1.57. The number of carboxylic acid groups (broad SMARTS) is 1. The van der Waals surface area contributed by atoms with Crippen molar-refractivity contribution in [1.29, 1.82) is 0 Å². The van der Waals surface area contributed by atoms with Crippen molar-refractivity contribution in [2.75, 3.05) is 45.6 Å². The van der Waals surface area contributed by atoms with Crippen molar-refractivity contribution < 1.29 is 53.9 Å².